The van der Waals surface area contributed by atoms with Gasteiger partial charge < -0.3 is 15.2 Å². The summed E-state index contributed by atoms with van der Waals surface area (Å²) in [6.07, 6.45) is 3.24. The van der Waals surface area contributed by atoms with Crippen molar-refractivity contribution in [2.45, 2.75) is 5.54 Å². The third-order valence-electron chi connectivity index (χ3n) is 5.93. The predicted molar refractivity (Wildman–Crippen MR) is 127 cm³/mol. The van der Waals surface area contributed by atoms with Gasteiger partial charge in [0.05, 0.1) is 20.5 Å². The molecule has 2 N–H and O–H groups in total. The van der Waals surface area contributed by atoms with Crippen LogP contribution in [0.2, 0.25) is 0 Å². The van der Waals surface area contributed by atoms with Crippen LogP contribution in [0.5, 0.6) is 11.5 Å². The molecule has 0 saturated heterocycles. The van der Waals surface area contributed by atoms with E-state index in [2.05, 4.69) is 55.9 Å². The molecule has 0 fully saturated rings. The van der Waals surface area contributed by atoms with Gasteiger partial charge in [-0.05, 0) is 41.0 Å². The number of rotatable bonds is 6. The lowest BCUT2D eigenvalue weighted by molar-refractivity contribution is 0.413. The van der Waals surface area contributed by atoms with Gasteiger partial charge >= 0.3 is 0 Å². The van der Waals surface area contributed by atoms with E-state index < -0.39 is 5.54 Å². The Morgan fingerprint density at radius 2 is 1.24 bits per heavy atom. The molecule has 0 unspecified atom stereocenters. The van der Waals surface area contributed by atoms with E-state index in [1.165, 1.54) is 6.33 Å². The van der Waals surface area contributed by atoms with E-state index in [4.69, 9.17) is 15.2 Å². The molecule has 5 aromatic rings. The van der Waals surface area contributed by atoms with Crippen LogP contribution < -0.4 is 15.2 Å². The number of hydrogen-bond acceptors (Lipinski definition) is 6. The number of aromatic nitrogens is 4. The third kappa shape index (κ3) is 3.25. The molecular formula is C26H23N5O2. The highest BCUT2D eigenvalue weighted by molar-refractivity contribution is 5.82. The van der Waals surface area contributed by atoms with Crippen molar-refractivity contribution in [3.63, 3.8) is 0 Å². The van der Waals surface area contributed by atoms with Gasteiger partial charge in [0.25, 0.3) is 0 Å². The van der Waals surface area contributed by atoms with E-state index >= 15 is 0 Å². The molecular weight excluding hydrogens is 414 g/mol. The van der Waals surface area contributed by atoms with E-state index in [0.717, 1.165) is 28.2 Å². The summed E-state index contributed by atoms with van der Waals surface area (Å²) in [5.74, 6) is 1.89. The number of imidazole rings is 1. The normalized spacial score (nSPS) is 11.5. The van der Waals surface area contributed by atoms with Gasteiger partial charge in [-0.2, -0.15) is 0 Å². The van der Waals surface area contributed by atoms with Crippen LogP contribution in [0.3, 0.4) is 0 Å². The maximum Gasteiger partial charge on any atom is 0.166 e. The fourth-order valence-electron chi connectivity index (χ4n) is 4.36. The molecule has 2 aromatic heterocycles. The average molecular weight is 438 g/mol. The van der Waals surface area contributed by atoms with E-state index in [-0.39, 0.29) is 0 Å². The van der Waals surface area contributed by atoms with Gasteiger partial charge in [0.1, 0.15) is 28.9 Å². The zero-order chi connectivity index (χ0) is 22.8. The van der Waals surface area contributed by atoms with Gasteiger partial charge in [-0.1, -0.05) is 54.6 Å². The molecule has 0 bridgehead atoms. The van der Waals surface area contributed by atoms with Crippen LogP contribution in [0, 0.1) is 0 Å². The lowest BCUT2D eigenvalue weighted by atomic mass is 9.76. The van der Waals surface area contributed by atoms with Crippen LogP contribution in [0.4, 0.5) is 5.82 Å². The van der Waals surface area contributed by atoms with Crippen molar-refractivity contribution in [2.75, 3.05) is 20.0 Å². The first-order chi connectivity index (χ1) is 16.2. The number of benzene rings is 3. The number of fused-ring (bicyclic) bond motifs is 1. The summed E-state index contributed by atoms with van der Waals surface area (Å²) >= 11 is 0. The monoisotopic (exact) mass is 437 g/mol. The second-order valence-electron chi connectivity index (χ2n) is 7.58. The molecule has 0 aliphatic carbocycles. The van der Waals surface area contributed by atoms with Crippen LogP contribution in [0.15, 0.2) is 91.5 Å². The van der Waals surface area contributed by atoms with Crippen molar-refractivity contribution in [1.29, 1.82) is 0 Å². The molecule has 7 heteroatoms. The van der Waals surface area contributed by atoms with Crippen LogP contribution in [0.1, 0.15) is 16.7 Å². The summed E-state index contributed by atoms with van der Waals surface area (Å²) in [5, 5.41) is 0. The number of nitrogens with two attached hydrogens (primary N) is 1. The van der Waals surface area contributed by atoms with Gasteiger partial charge in [-0.15, -0.1) is 0 Å². The number of ether oxygens (including phenoxy) is 2. The second-order valence-corrected chi connectivity index (χ2v) is 7.58. The van der Waals surface area contributed by atoms with Gasteiger partial charge in [0, 0.05) is 0 Å². The smallest absolute Gasteiger partial charge is 0.166 e. The van der Waals surface area contributed by atoms with Crippen LogP contribution in [-0.4, -0.2) is 33.7 Å². The molecule has 164 valence electrons. The van der Waals surface area contributed by atoms with Gasteiger partial charge in [0.15, 0.2) is 11.5 Å². The predicted octanol–water partition coefficient (Wildman–Crippen LogP) is 4.27. The van der Waals surface area contributed by atoms with Crippen molar-refractivity contribution >= 4 is 17.0 Å². The van der Waals surface area contributed by atoms with E-state index in [9.17, 15) is 0 Å². The quantitative estimate of drug-likeness (QED) is 0.399. The molecule has 0 atom stereocenters. The minimum absolute atomic E-state index is 0.338. The molecule has 0 amide bonds. The Labute approximate surface area is 191 Å². The highest BCUT2D eigenvalue weighted by atomic mass is 16.5. The first-order valence-corrected chi connectivity index (χ1v) is 10.5. The van der Waals surface area contributed by atoms with E-state index in [0.29, 0.717) is 17.0 Å². The molecule has 0 aliphatic rings. The fourth-order valence-corrected chi connectivity index (χ4v) is 4.36. The Balaban J connectivity index is 1.92. The lowest BCUT2D eigenvalue weighted by Crippen LogP contribution is -2.37. The van der Waals surface area contributed by atoms with Gasteiger partial charge in [-0.25, -0.2) is 15.0 Å². The van der Waals surface area contributed by atoms with Gasteiger partial charge in [-0.3, -0.25) is 4.57 Å². The minimum Gasteiger partial charge on any atom is -0.497 e. The fraction of sp³-hybridized carbons (Fsp3) is 0.115. The summed E-state index contributed by atoms with van der Waals surface area (Å²) in [4.78, 5) is 13.3. The lowest BCUT2D eigenvalue weighted by Gasteiger charge is -2.37. The first-order valence-electron chi connectivity index (χ1n) is 10.5. The first kappa shape index (κ1) is 20.5. The summed E-state index contributed by atoms with van der Waals surface area (Å²) in [7, 11) is 3.32. The van der Waals surface area contributed by atoms with Crippen molar-refractivity contribution in [1.82, 2.24) is 19.5 Å². The third-order valence-corrected chi connectivity index (χ3v) is 5.93. The van der Waals surface area contributed by atoms with Crippen LogP contribution in [0.25, 0.3) is 11.2 Å². The molecule has 33 heavy (non-hydrogen) atoms. The number of hydrogen-bond donors (Lipinski definition) is 1. The van der Waals surface area contributed by atoms with Crippen LogP contribution >= 0.6 is 0 Å². The Hall–Kier alpha value is -4.39. The topological polar surface area (TPSA) is 88.1 Å². The average Bonchev–Trinajstić information content (AvgIpc) is 3.32. The van der Waals surface area contributed by atoms with Crippen molar-refractivity contribution in [2.24, 2.45) is 0 Å². The number of nitrogen functional groups attached to an aromatic ring is 1. The summed E-state index contributed by atoms with van der Waals surface area (Å²) in [6, 6.07) is 26.3. The largest absolute Gasteiger partial charge is 0.497 e. The van der Waals surface area contributed by atoms with Crippen molar-refractivity contribution in [3.8, 4) is 11.5 Å². The second kappa shape index (κ2) is 8.27. The Kier molecular flexibility index (Phi) is 5.14. The van der Waals surface area contributed by atoms with E-state index in [1.54, 1.807) is 20.5 Å². The molecule has 0 saturated carbocycles. The summed E-state index contributed by atoms with van der Waals surface area (Å²) < 4.78 is 12.9. The summed E-state index contributed by atoms with van der Waals surface area (Å²) in [6.45, 7) is 0. The summed E-state index contributed by atoms with van der Waals surface area (Å²) in [5.41, 5.74) is 9.60. The number of nitrogens with zero attached hydrogens (tertiary/aromatic N) is 4. The molecule has 3 aromatic carbocycles. The van der Waals surface area contributed by atoms with E-state index in [1.807, 2.05) is 42.5 Å². The highest BCUT2D eigenvalue weighted by Crippen LogP contribution is 2.43. The molecule has 0 spiro atoms. The zero-order valence-electron chi connectivity index (χ0n) is 18.3. The Morgan fingerprint density at radius 1 is 0.697 bits per heavy atom. The molecule has 2 heterocycles. The number of anilines is 1. The zero-order valence-corrected chi connectivity index (χ0v) is 18.3. The number of methoxy groups -OCH3 is 2. The van der Waals surface area contributed by atoms with Crippen LogP contribution in [-0.2, 0) is 5.54 Å². The maximum absolute atomic E-state index is 6.14. The molecule has 0 radical (unpaired) electrons. The Bertz CT molecular complexity index is 1330. The molecule has 7 nitrogen and oxygen atoms in total. The van der Waals surface area contributed by atoms with Crippen molar-refractivity contribution in [3.05, 3.63) is 108 Å². The minimum atomic E-state index is -0.796. The standard InChI is InChI=1S/C26H23N5O2/c1-32-21-12-8-19(9-13-21)26(18-6-4-3-5-7-18,20-10-14-22(33-2)15-11-20)31-17-30-23-24(27)28-16-29-25(23)31/h3-17H,1-2H3,(H2,27,28,29). The van der Waals surface area contributed by atoms with Crippen molar-refractivity contribution < 1.29 is 9.47 Å². The maximum atomic E-state index is 6.14. The van der Waals surface area contributed by atoms with Gasteiger partial charge in [0.2, 0.25) is 0 Å². The molecule has 0 aliphatic heterocycles. The SMILES string of the molecule is COc1ccc(C(c2ccccc2)(c2ccc(OC)cc2)n2cnc3c(N)ncnc32)cc1. The Morgan fingerprint density at radius 3 is 1.79 bits per heavy atom. The highest BCUT2D eigenvalue weighted by Gasteiger charge is 2.40. The molecule has 5 rings (SSSR count).